The van der Waals surface area contributed by atoms with Gasteiger partial charge in [-0.2, -0.15) is 13.2 Å². The second-order valence-corrected chi connectivity index (χ2v) is 4.56. The second-order valence-electron chi connectivity index (χ2n) is 4.56. The van der Waals surface area contributed by atoms with Crippen LogP contribution in [0.15, 0.2) is 36.0 Å². The van der Waals surface area contributed by atoms with Gasteiger partial charge in [0.2, 0.25) is 0 Å². The van der Waals surface area contributed by atoms with Crippen LogP contribution in [0.25, 0.3) is 0 Å². The molecule has 1 aliphatic heterocycles. The van der Waals surface area contributed by atoms with Crippen molar-refractivity contribution in [3.63, 3.8) is 0 Å². The van der Waals surface area contributed by atoms with E-state index in [0.717, 1.165) is 26.1 Å². The monoisotopic (exact) mass is 273 g/mol. The van der Waals surface area contributed by atoms with Gasteiger partial charge < -0.3 is 5.32 Å². The summed E-state index contributed by atoms with van der Waals surface area (Å²) >= 11 is 0. The van der Waals surface area contributed by atoms with Crippen molar-refractivity contribution in [2.45, 2.75) is 25.9 Å². The maximum absolute atomic E-state index is 12.3. The maximum atomic E-state index is 12.3. The molecule has 5 heteroatoms. The average Bonchev–Trinajstić information content (AvgIpc) is 2.38. The van der Waals surface area contributed by atoms with Crippen molar-refractivity contribution in [1.29, 1.82) is 0 Å². The predicted octanol–water partition coefficient (Wildman–Crippen LogP) is 3.18. The summed E-state index contributed by atoms with van der Waals surface area (Å²) < 4.78 is 37.0. The Labute approximate surface area is 111 Å². The number of halogens is 3. The van der Waals surface area contributed by atoms with Crippen molar-refractivity contribution >= 4 is 5.78 Å². The molecule has 0 bridgehead atoms. The van der Waals surface area contributed by atoms with Crippen LogP contribution in [0.4, 0.5) is 13.2 Å². The Morgan fingerprint density at radius 1 is 1.26 bits per heavy atom. The summed E-state index contributed by atoms with van der Waals surface area (Å²) in [4.78, 5) is 12.1. The van der Waals surface area contributed by atoms with Gasteiger partial charge in [-0.25, -0.2) is 0 Å². The molecular formula is C14H18F3NO. The van der Waals surface area contributed by atoms with E-state index in [1.165, 1.54) is 12.2 Å². The molecule has 0 spiro atoms. The Kier molecular flexibility index (Phi) is 5.54. The topological polar surface area (TPSA) is 29.1 Å². The van der Waals surface area contributed by atoms with Gasteiger partial charge in [-0.3, -0.25) is 4.79 Å². The van der Waals surface area contributed by atoms with E-state index in [1.54, 1.807) is 0 Å². The van der Waals surface area contributed by atoms with E-state index in [4.69, 9.17) is 0 Å². The Bertz CT molecular complexity index is 401. The van der Waals surface area contributed by atoms with Crippen molar-refractivity contribution in [3.8, 4) is 0 Å². The lowest BCUT2D eigenvalue weighted by Crippen LogP contribution is -2.32. The molecule has 1 N–H and O–H groups in total. The SMILES string of the molecule is C=C/C(=C\C=C(/C)C(F)(F)F)C(=O)C1CCNCC1. The van der Waals surface area contributed by atoms with Crippen LogP contribution in [0.5, 0.6) is 0 Å². The predicted molar refractivity (Wildman–Crippen MR) is 68.7 cm³/mol. The van der Waals surface area contributed by atoms with Crippen LogP contribution in [0.3, 0.4) is 0 Å². The number of piperidine rings is 1. The maximum Gasteiger partial charge on any atom is 0.412 e. The lowest BCUT2D eigenvalue weighted by atomic mass is 9.89. The zero-order valence-electron chi connectivity index (χ0n) is 10.9. The Morgan fingerprint density at radius 3 is 2.32 bits per heavy atom. The van der Waals surface area contributed by atoms with E-state index in [0.29, 0.717) is 12.8 Å². The molecule has 0 saturated carbocycles. The number of hydrogen-bond donors (Lipinski definition) is 1. The van der Waals surface area contributed by atoms with Gasteiger partial charge in [-0.15, -0.1) is 0 Å². The number of Topliss-reactive ketones (excluding diaryl/α,β-unsaturated/α-hetero) is 1. The number of carbonyl (C=O) groups excluding carboxylic acids is 1. The highest BCUT2D eigenvalue weighted by Gasteiger charge is 2.29. The number of alkyl halides is 3. The molecule has 0 aliphatic carbocycles. The molecule has 0 aromatic carbocycles. The molecule has 0 atom stereocenters. The molecule has 106 valence electrons. The highest BCUT2D eigenvalue weighted by Crippen LogP contribution is 2.25. The number of hydrogen-bond acceptors (Lipinski definition) is 2. The third kappa shape index (κ3) is 4.67. The van der Waals surface area contributed by atoms with Crippen LogP contribution in [0.1, 0.15) is 19.8 Å². The molecule has 0 aromatic rings. The quantitative estimate of drug-likeness (QED) is 0.629. The average molecular weight is 273 g/mol. The van der Waals surface area contributed by atoms with E-state index >= 15 is 0 Å². The number of allylic oxidation sites excluding steroid dienone is 5. The molecular weight excluding hydrogens is 255 g/mol. The van der Waals surface area contributed by atoms with E-state index < -0.39 is 11.7 Å². The minimum atomic E-state index is -4.36. The van der Waals surface area contributed by atoms with Gasteiger partial charge in [0, 0.05) is 17.1 Å². The first-order valence-electron chi connectivity index (χ1n) is 6.19. The van der Waals surface area contributed by atoms with Gasteiger partial charge in [-0.1, -0.05) is 24.8 Å². The number of nitrogens with one attached hydrogen (secondary N) is 1. The third-order valence-electron chi connectivity index (χ3n) is 3.17. The fraction of sp³-hybridized carbons (Fsp3) is 0.500. The number of rotatable bonds is 4. The smallest absolute Gasteiger partial charge is 0.317 e. The molecule has 1 saturated heterocycles. The number of carbonyl (C=O) groups is 1. The summed E-state index contributed by atoms with van der Waals surface area (Å²) in [6.07, 6.45) is 0.527. The van der Waals surface area contributed by atoms with E-state index in [1.807, 2.05) is 0 Å². The summed E-state index contributed by atoms with van der Waals surface area (Å²) in [6, 6.07) is 0. The minimum absolute atomic E-state index is 0.120. The first-order valence-corrected chi connectivity index (χ1v) is 6.19. The van der Waals surface area contributed by atoms with Crippen molar-refractivity contribution in [3.05, 3.63) is 36.0 Å². The zero-order chi connectivity index (χ0) is 14.5. The van der Waals surface area contributed by atoms with Crippen molar-refractivity contribution in [2.75, 3.05) is 13.1 Å². The van der Waals surface area contributed by atoms with Gasteiger partial charge in [0.15, 0.2) is 5.78 Å². The molecule has 0 radical (unpaired) electrons. The zero-order valence-corrected chi connectivity index (χ0v) is 10.9. The minimum Gasteiger partial charge on any atom is -0.317 e. The highest BCUT2D eigenvalue weighted by molar-refractivity contribution is 5.99. The van der Waals surface area contributed by atoms with Crippen LogP contribution >= 0.6 is 0 Å². The normalized spacial score (nSPS) is 19.4. The van der Waals surface area contributed by atoms with Gasteiger partial charge >= 0.3 is 6.18 Å². The molecule has 1 fully saturated rings. The first-order chi connectivity index (χ1) is 8.86. The molecule has 0 aromatic heterocycles. The fourth-order valence-electron chi connectivity index (χ4n) is 1.88. The highest BCUT2D eigenvalue weighted by atomic mass is 19.4. The van der Waals surface area contributed by atoms with Crippen LogP contribution in [0.2, 0.25) is 0 Å². The molecule has 0 unspecified atom stereocenters. The second kappa shape index (κ2) is 6.70. The lowest BCUT2D eigenvalue weighted by molar-refractivity contribution is -0.119. The third-order valence-corrected chi connectivity index (χ3v) is 3.17. The standard InChI is InChI=1S/C14H18F3NO/c1-3-11(5-4-10(2)14(15,16)17)13(19)12-6-8-18-9-7-12/h3-5,12,18H,1,6-9H2,2H3/b10-4+,11-5+. The lowest BCUT2D eigenvalue weighted by Gasteiger charge is -2.21. The summed E-state index contributed by atoms with van der Waals surface area (Å²) in [5.41, 5.74) is -0.486. The summed E-state index contributed by atoms with van der Waals surface area (Å²) in [7, 11) is 0. The number of ketones is 1. The largest absolute Gasteiger partial charge is 0.412 e. The van der Waals surface area contributed by atoms with Crippen molar-refractivity contribution in [2.24, 2.45) is 5.92 Å². The summed E-state index contributed by atoms with van der Waals surface area (Å²) in [5, 5.41) is 3.14. The molecule has 2 nitrogen and oxygen atoms in total. The Hall–Kier alpha value is -1.36. The molecule has 19 heavy (non-hydrogen) atoms. The summed E-state index contributed by atoms with van der Waals surface area (Å²) in [5.74, 6) is -0.243. The summed E-state index contributed by atoms with van der Waals surface area (Å²) in [6.45, 7) is 6.00. The van der Waals surface area contributed by atoms with Gasteiger partial charge in [0.05, 0.1) is 0 Å². The van der Waals surface area contributed by atoms with Crippen molar-refractivity contribution in [1.82, 2.24) is 5.32 Å². The first kappa shape index (κ1) is 15.7. The van der Waals surface area contributed by atoms with Gasteiger partial charge in [0.1, 0.15) is 0 Å². The van der Waals surface area contributed by atoms with Crippen LogP contribution in [0, 0.1) is 5.92 Å². The van der Waals surface area contributed by atoms with Crippen molar-refractivity contribution < 1.29 is 18.0 Å². The molecule has 1 rings (SSSR count). The molecule has 1 heterocycles. The van der Waals surface area contributed by atoms with E-state index in [2.05, 4.69) is 11.9 Å². The van der Waals surface area contributed by atoms with Gasteiger partial charge in [0.25, 0.3) is 0 Å². The molecule has 1 aliphatic rings. The van der Waals surface area contributed by atoms with Crippen LogP contribution in [-0.4, -0.2) is 25.0 Å². The van der Waals surface area contributed by atoms with Crippen LogP contribution in [-0.2, 0) is 4.79 Å². The van der Waals surface area contributed by atoms with Gasteiger partial charge in [-0.05, 0) is 32.9 Å². The molecule has 0 amide bonds. The van der Waals surface area contributed by atoms with Crippen LogP contribution < -0.4 is 5.32 Å². The Balaban J connectivity index is 2.82. The Morgan fingerprint density at radius 2 is 1.84 bits per heavy atom. The van der Waals surface area contributed by atoms with E-state index in [-0.39, 0.29) is 17.3 Å². The fourth-order valence-corrected chi connectivity index (χ4v) is 1.88. The van der Waals surface area contributed by atoms with E-state index in [9.17, 15) is 18.0 Å².